The number of carbonyl (C=O) groups is 1. The first-order chi connectivity index (χ1) is 16.4. The Hall–Kier alpha value is -3.52. The van der Waals surface area contributed by atoms with Gasteiger partial charge < -0.3 is 14.2 Å². The molecule has 0 aromatic heterocycles. The third-order valence-corrected chi connectivity index (χ3v) is 7.48. The molecule has 0 spiro atoms. The molecule has 1 aliphatic heterocycles. The van der Waals surface area contributed by atoms with Crippen LogP contribution in [0.3, 0.4) is 0 Å². The maximum atomic E-state index is 13.6. The molecule has 0 unspecified atom stereocenters. The first-order valence-electron chi connectivity index (χ1n) is 11.1. The number of nitrogens with zero attached hydrogens (tertiary/aromatic N) is 1. The molecule has 34 heavy (non-hydrogen) atoms. The third kappa shape index (κ3) is 5.02. The Morgan fingerprint density at radius 3 is 2.53 bits per heavy atom. The SMILES string of the molecule is COc1ccc(C(=O)OCCOc2ccc(C)cc2)cc1S(=O)(=O)N1CCCc2ccccc21. The molecule has 1 aliphatic rings. The van der Waals surface area contributed by atoms with Gasteiger partial charge in [-0.25, -0.2) is 13.2 Å². The van der Waals surface area contributed by atoms with Gasteiger partial charge in [-0.3, -0.25) is 4.31 Å². The standard InChI is InChI=1S/C26H27NO6S/c1-19-9-12-22(13-10-19)32-16-17-33-26(28)21-11-14-24(31-2)25(18-21)34(29,30)27-15-5-7-20-6-3-4-8-23(20)27/h3-4,6,8-14,18H,5,7,15-17H2,1-2H3. The van der Waals surface area contributed by atoms with E-state index in [2.05, 4.69) is 0 Å². The molecule has 0 N–H and O–H groups in total. The van der Waals surface area contributed by atoms with E-state index in [-0.39, 0.29) is 29.4 Å². The van der Waals surface area contributed by atoms with Crippen LogP contribution in [0.2, 0.25) is 0 Å². The minimum Gasteiger partial charge on any atom is -0.495 e. The molecular formula is C26H27NO6S. The lowest BCUT2D eigenvalue weighted by Gasteiger charge is -2.30. The van der Waals surface area contributed by atoms with Crippen molar-refractivity contribution < 1.29 is 27.4 Å². The average molecular weight is 482 g/mol. The number of esters is 1. The highest BCUT2D eigenvalue weighted by Gasteiger charge is 2.32. The van der Waals surface area contributed by atoms with Gasteiger partial charge in [0.1, 0.15) is 29.6 Å². The second kappa shape index (κ2) is 10.2. The molecule has 0 aliphatic carbocycles. The fourth-order valence-electron chi connectivity index (χ4n) is 3.88. The lowest BCUT2D eigenvalue weighted by atomic mass is 10.0. The third-order valence-electron chi connectivity index (χ3n) is 5.64. The van der Waals surface area contributed by atoms with E-state index in [9.17, 15) is 13.2 Å². The zero-order valence-corrected chi connectivity index (χ0v) is 20.0. The molecule has 8 heteroatoms. The van der Waals surface area contributed by atoms with Gasteiger partial charge in [0, 0.05) is 6.54 Å². The number of para-hydroxylation sites is 1. The normalized spacial score (nSPS) is 13.2. The van der Waals surface area contributed by atoms with Gasteiger partial charge in [-0.1, -0.05) is 35.9 Å². The van der Waals surface area contributed by atoms with Crippen molar-refractivity contribution in [1.82, 2.24) is 0 Å². The summed E-state index contributed by atoms with van der Waals surface area (Å²) in [6.07, 6.45) is 1.53. The number of ether oxygens (including phenoxy) is 3. The van der Waals surface area contributed by atoms with Crippen LogP contribution in [0.25, 0.3) is 0 Å². The van der Waals surface area contributed by atoms with Gasteiger partial charge in [0.2, 0.25) is 0 Å². The molecule has 3 aromatic carbocycles. The zero-order chi connectivity index (χ0) is 24.1. The molecule has 178 valence electrons. The molecule has 0 radical (unpaired) electrons. The fourth-order valence-corrected chi connectivity index (χ4v) is 5.61. The van der Waals surface area contributed by atoms with Crippen LogP contribution in [-0.4, -0.2) is 41.3 Å². The summed E-state index contributed by atoms with van der Waals surface area (Å²) >= 11 is 0. The molecule has 0 saturated heterocycles. The van der Waals surface area contributed by atoms with E-state index >= 15 is 0 Å². The summed E-state index contributed by atoms with van der Waals surface area (Å²) in [7, 11) is -2.56. The summed E-state index contributed by atoms with van der Waals surface area (Å²) in [6, 6.07) is 19.3. The number of carbonyl (C=O) groups excluding carboxylic acids is 1. The fraction of sp³-hybridized carbons (Fsp3) is 0.269. The topological polar surface area (TPSA) is 82.1 Å². The van der Waals surface area contributed by atoms with Crippen LogP contribution < -0.4 is 13.8 Å². The van der Waals surface area contributed by atoms with E-state index in [0.717, 1.165) is 17.5 Å². The van der Waals surface area contributed by atoms with Crippen molar-refractivity contribution >= 4 is 21.7 Å². The lowest BCUT2D eigenvalue weighted by molar-refractivity contribution is 0.0450. The van der Waals surface area contributed by atoms with E-state index in [1.54, 1.807) is 6.07 Å². The molecule has 0 amide bonds. The molecule has 7 nitrogen and oxygen atoms in total. The Morgan fingerprint density at radius 2 is 1.76 bits per heavy atom. The number of benzene rings is 3. The summed E-state index contributed by atoms with van der Waals surface area (Å²) in [4.78, 5) is 12.6. The summed E-state index contributed by atoms with van der Waals surface area (Å²) in [5.74, 6) is 0.217. The van der Waals surface area contributed by atoms with E-state index in [1.165, 1.54) is 29.6 Å². The highest BCUT2D eigenvalue weighted by atomic mass is 32.2. The van der Waals surface area contributed by atoms with Crippen molar-refractivity contribution in [1.29, 1.82) is 0 Å². The summed E-state index contributed by atoms with van der Waals surface area (Å²) in [5.41, 5.74) is 2.87. The predicted molar refractivity (Wildman–Crippen MR) is 129 cm³/mol. The number of fused-ring (bicyclic) bond motifs is 1. The van der Waals surface area contributed by atoms with E-state index in [1.807, 2.05) is 49.4 Å². The van der Waals surface area contributed by atoms with Crippen molar-refractivity contribution in [3.63, 3.8) is 0 Å². The van der Waals surface area contributed by atoms with Crippen LogP contribution in [0, 0.1) is 6.92 Å². The highest BCUT2D eigenvalue weighted by molar-refractivity contribution is 7.93. The Kier molecular flexibility index (Phi) is 7.07. The molecular weight excluding hydrogens is 454 g/mol. The minimum atomic E-state index is -3.96. The Labute approximate surface area is 199 Å². The predicted octanol–water partition coefficient (Wildman–Crippen LogP) is 4.38. The lowest BCUT2D eigenvalue weighted by Crippen LogP contribution is -2.35. The van der Waals surface area contributed by atoms with E-state index < -0.39 is 16.0 Å². The monoisotopic (exact) mass is 481 g/mol. The van der Waals surface area contributed by atoms with Gasteiger partial charge in [-0.15, -0.1) is 0 Å². The van der Waals surface area contributed by atoms with Crippen molar-refractivity contribution in [3.8, 4) is 11.5 Å². The smallest absolute Gasteiger partial charge is 0.338 e. The molecule has 0 saturated carbocycles. The van der Waals surface area contributed by atoms with E-state index in [0.29, 0.717) is 24.4 Å². The molecule has 0 atom stereocenters. The number of rotatable bonds is 8. The number of aryl methyl sites for hydroxylation is 2. The number of hydrogen-bond donors (Lipinski definition) is 0. The number of hydrogen-bond acceptors (Lipinski definition) is 6. The second-order valence-corrected chi connectivity index (χ2v) is 9.80. The Morgan fingerprint density at radius 1 is 1.00 bits per heavy atom. The number of anilines is 1. The molecule has 0 fully saturated rings. The zero-order valence-electron chi connectivity index (χ0n) is 19.2. The van der Waals surface area contributed by atoms with Crippen molar-refractivity contribution in [3.05, 3.63) is 83.4 Å². The molecule has 1 heterocycles. The van der Waals surface area contributed by atoms with Crippen molar-refractivity contribution in [2.75, 3.05) is 31.2 Å². The van der Waals surface area contributed by atoms with Gasteiger partial charge in [-0.2, -0.15) is 0 Å². The number of sulfonamides is 1. The van der Waals surface area contributed by atoms with Gasteiger partial charge in [0.25, 0.3) is 10.0 Å². The second-order valence-electron chi connectivity index (χ2n) is 7.97. The quantitative estimate of drug-likeness (QED) is 0.351. The van der Waals surface area contributed by atoms with Crippen molar-refractivity contribution in [2.24, 2.45) is 0 Å². The van der Waals surface area contributed by atoms with Crippen LogP contribution in [0.15, 0.2) is 71.6 Å². The largest absolute Gasteiger partial charge is 0.495 e. The molecule has 0 bridgehead atoms. The minimum absolute atomic E-state index is 0.0281. The van der Waals surface area contributed by atoms with Gasteiger partial charge in [0.05, 0.1) is 18.4 Å². The highest BCUT2D eigenvalue weighted by Crippen LogP contribution is 2.35. The Bertz CT molecular complexity index is 1270. The maximum absolute atomic E-state index is 13.6. The number of methoxy groups -OCH3 is 1. The molecule has 3 aromatic rings. The summed E-state index contributed by atoms with van der Waals surface area (Å²) in [6.45, 7) is 2.55. The van der Waals surface area contributed by atoms with Crippen LogP contribution in [0.1, 0.15) is 27.9 Å². The van der Waals surface area contributed by atoms with E-state index in [4.69, 9.17) is 14.2 Å². The van der Waals surface area contributed by atoms with Crippen LogP contribution >= 0.6 is 0 Å². The summed E-state index contributed by atoms with van der Waals surface area (Å²) < 4.78 is 44.8. The maximum Gasteiger partial charge on any atom is 0.338 e. The van der Waals surface area contributed by atoms with Crippen LogP contribution in [0.5, 0.6) is 11.5 Å². The summed E-state index contributed by atoms with van der Waals surface area (Å²) in [5, 5.41) is 0. The first kappa shape index (κ1) is 23.6. The first-order valence-corrected chi connectivity index (χ1v) is 12.5. The average Bonchev–Trinajstić information content (AvgIpc) is 2.86. The van der Waals surface area contributed by atoms with Gasteiger partial charge in [-0.05, 0) is 61.7 Å². The Balaban J connectivity index is 1.50. The van der Waals surface area contributed by atoms with Gasteiger partial charge >= 0.3 is 5.97 Å². The van der Waals surface area contributed by atoms with Gasteiger partial charge in [0.15, 0.2) is 0 Å². The van der Waals surface area contributed by atoms with Crippen molar-refractivity contribution in [2.45, 2.75) is 24.7 Å². The van der Waals surface area contributed by atoms with Crippen LogP contribution in [0.4, 0.5) is 5.69 Å². The molecule has 4 rings (SSSR count). The van der Waals surface area contributed by atoms with Crippen LogP contribution in [-0.2, 0) is 21.2 Å².